The van der Waals surface area contributed by atoms with Gasteiger partial charge in [-0.25, -0.2) is 10.0 Å². The molecule has 3 rings (SSSR count). The third kappa shape index (κ3) is 1.85. The lowest BCUT2D eigenvalue weighted by atomic mass is 10.0. The predicted octanol–water partition coefficient (Wildman–Crippen LogP) is 1.95. The molecule has 0 aromatic heterocycles. The molecule has 0 aliphatic carbocycles. The molecule has 96 valence electrons. The number of carbonyl (C=O) groups is 2. The number of hydrazine groups is 1. The van der Waals surface area contributed by atoms with Gasteiger partial charge in [0, 0.05) is 11.8 Å². The van der Waals surface area contributed by atoms with Crippen LogP contribution in [0.1, 0.15) is 10.4 Å². The van der Waals surface area contributed by atoms with Crippen LogP contribution in [0, 0.1) is 0 Å². The smallest absolute Gasteiger partial charge is 0.271 e. The minimum Gasteiger partial charge on any atom is -0.271 e. The monoisotopic (exact) mass is 274 g/mol. The maximum Gasteiger partial charge on any atom is 0.276 e. The summed E-state index contributed by atoms with van der Waals surface area (Å²) in [6.07, 6.45) is 6.90. The number of halogens is 1. The Morgan fingerprint density at radius 2 is 1.89 bits per heavy atom. The summed E-state index contributed by atoms with van der Waals surface area (Å²) < 4.78 is 0. The molecule has 19 heavy (non-hydrogen) atoms. The Balaban J connectivity index is 1.92. The number of allylic oxidation sites excluding steroid dienone is 2. The quantitative estimate of drug-likeness (QED) is 0.580. The van der Waals surface area contributed by atoms with Crippen molar-refractivity contribution in [3.63, 3.8) is 0 Å². The van der Waals surface area contributed by atoms with Gasteiger partial charge in [0.1, 0.15) is 5.38 Å². The number of carbonyl (C=O) groups excluding carboxylic acids is 2. The van der Waals surface area contributed by atoms with Crippen molar-refractivity contribution in [1.29, 1.82) is 0 Å². The minimum atomic E-state index is -0.595. The van der Waals surface area contributed by atoms with Crippen LogP contribution in [0.4, 0.5) is 0 Å². The molecule has 4 nitrogen and oxygen atoms in total. The molecule has 2 aliphatic rings. The molecule has 1 fully saturated rings. The Bertz CT molecular complexity index is 582. The van der Waals surface area contributed by atoms with Crippen LogP contribution in [-0.4, -0.2) is 33.3 Å². The van der Waals surface area contributed by atoms with Crippen molar-refractivity contribution in [3.8, 4) is 0 Å². The van der Waals surface area contributed by atoms with E-state index >= 15 is 0 Å². The first kappa shape index (κ1) is 12.0. The fraction of sp³-hybridized carbons (Fsp3) is 0.143. The molecule has 2 atom stereocenters. The molecule has 1 aromatic carbocycles. The van der Waals surface area contributed by atoms with Gasteiger partial charge >= 0.3 is 0 Å². The SMILES string of the molecule is O=C(c1ccccc1)N1C=CC=CC2C(Cl)C(=O)N21. The number of nitrogens with zero attached hydrogens (tertiary/aromatic N) is 2. The zero-order valence-corrected chi connectivity index (χ0v) is 10.7. The van der Waals surface area contributed by atoms with Crippen LogP contribution in [0.25, 0.3) is 0 Å². The average molecular weight is 275 g/mol. The van der Waals surface area contributed by atoms with Crippen molar-refractivity contribution in [3.05, 3.63) is 60.3 Å². The van der Waals surface area contributed by atoms with Crippen LogP contribution in [0.5, 0.6) is 0 Å². The molecular weight excluding hydrogens is 264 g/mol. The highest BCUT2D eigenvalue weighted by atomic mass is 35.5. The topological polar surface area (TPSA) is 40.6 Å². The van der Waals surface area contributed by atoms with E-state index in [0.717, 1.165) is 0 Å². The van der Waals surface area contributed by atoms with Crippen molar-refractivity contribution >= 4 is 23.4 Å². The van der Waals surface area contributed by atoms with E-state index in [9.17, 15) is 9.59 Å². The second-order valence-electron chi connectivity index (χ2n) is 4.32. The van der Waals surface area contributed by atoms with Gasteiger partial charge < -0.3 is 0 Å². The first-order valence-corrected chi connectivity index (χ1v) is 6.34. The van der Waals surface area contributed by atoms with Crippen molar-refractivity contribution in [2.75, 3.05) is 0 Å². The lowest BCUT2D eigenvalue weighted by Gasteiger charge is -2.46. The van der Waals surface area contributed by atoms with E-state index in [1.807, 2.05) is 12.1 Å². The van der Waals surface area contributed by atoms with Gasteiger partial charge in [-0.1, -0.05) is 30.4 Å². The third-order valence-corrected chi connectivity index (χ3v) is 3.60. The van der Waals surface area contributed by atoms with Crippen LogP contribution < -0.4 is 0 Å². The van der Waals surface area contributed by atoms with E-state index in [2.05, 4.69) is 0 Å². The van der Waals surface area contributed by atoms with Gasteiger partial charge in [-0.05, 0) is 18.2 Å². The van der Waals surface area contributed by atoms with E-state index in [1.54, 1.807) is 42.6 Å². The highest BCUT2D eigenvalue weighted by molar-refractivity contribution is 6.34. The lowest BCUT2D eigenvalue weighted by molar-refractivity contribution is -0.158. The van der Waals surface area contributed by atoms with Crippen molar-refractivity contribution in [1.82, 2.24) is 10.0 Å². The van der Waals surface area contributed by atoms with E-state index in [0.29, 0.717) is 5.56 Å². The van der Waals surface area contributed by atoms with Crippen LogP contribution in [0.3, 0.4) is 0 Å². The van der Waals surface area contributed by atoms with E-state index in [-0.39, 0.29) is 17.9 Å². The summed E-state index contributed by atoms with van der Waals surface area (Å²) >= 11 is 5.95. The second-order valence-corrected chi connectivity index (χ2v) is 4.79. The molecule has 0 radical (unpaired) electrons. The number of benzene rings is 1. The summed E-state index contributed by atoms with van der Waals surface area (Å²) in [4.78, 5) is 24.2. The highest BCUT2D eigenvalue weighted by Crippen LogP contribution is 2.30. The van der Waals surface area contributed by atoms with E-state index < -0.39 is 5.38 Å². The molecule has 0 N–H and O–H groups in total. The van der Waals surface area contributed by atoms with Crippen LogP contribution >= 0.6 is 11.6 Å². The molecule has 0 bridgehead atoms. The fourth-order valence-corrected chi connectivity index (χ4v) is 2.44. The molecule has 2 aliphatic heterocycles. The molecule has 2 heterocycles. The summed E-state index contributed by atoms with van der Waals surface area (Å²) in [7, 11) is 0. The van der Waals surface area contributed by atoms with Gasteiger partial charge in [0.25, 0.3) is 11.8 Å². The number of β-lactam (4-membered cyclic amide) rings is 1. The molecule has 1 aromatic rings. The van der Waals surface area contributed by atoms with Gasteiger partial charge in [0.05, 0.1) is 6.04 Å². The average Bonchev–Trinajstić information content (AvgIpc) is 2.67. The van der Waals surface area contributed by atoms with Crippen LogP contribution in [0.15, 0.2) is 54.8 Å². The Kier molecular flexibility index (Phi) is 2.87. The molecule has 2 unspecified atom stereocenters. The number of rotatable bonds is 1. The lowest BCUT2D eigenvalue weighted by Crippen LogP contribution is -2.67. The van der Waals surface area contributed by atoms with Crippen LogP contribution in [-0.2, 0) is 4.79 Å². The predicted molar refractivity (Wildman–Crippen MR) is 71.2 cm³/mol. The van der Waals surface area contributed by atoms with Gasteiger partial charge in [-0.15, -0.1) is 11.6 Å². The number of hydrogen-bond donors (Lipinski definition) is 0. The Labute approximate surface area is 115 Å². The Morgan fingerprint density at radius 1 is 1.16 bits per heavy atom. The zero-order valence-electron chi connectivity index (χ0n) is 9.94. The standard InChI is InChI=1S/C14H11ClN2O2/c15-12-11-8-4-5-9-16(17(11)14(12)19)13(18)10-6-2-1-3-7-10/h1-9,11-12H. The zero-order chi connectivity index (χ0) is 13.4. The first-order chi connectivity index (χ1) is 9.20. The van der Waals surface area contributed by atoms with Gasteiger partial charge in [-0.3, -0.25) is 9.59 Å². The summed E-state index contributed by atoms with van der Waals surface area (Å²) in [6.45, 7) is 0. The molecule has 0 spiro atoms. The molecule has 5 heteroatoms. The van der Waals surface area contributed by atoms with Crippen molar-refractivity contribution in [2.24, 2.45) is 0 Å². The van der Waals surface area contributed by atoms with E-state index in [1.165, 1.54) is 10.0 Å². The Hall–Kier alpha value is -2.07. The number of hydrogen-bond acceptors (Lipinski definition) is 2. The van der Waals surface area contributed by atoms with E-state index in [4.69, 9.17) is 11.6 Å². The first-order valence-electron chi connectivity index (χ1n) is 5.91. The maximum atomic E-state index is 12.4. The molecular formula is C14H11ClN2O2. The van der Waals surface area contributed by atoms with Gasteiger partial charge in [0.2, 0.25) is 0 Å². The second kappa shape index (κ2) is 4.55. The summed E-state index contributed by atoms with van der Waals surface area (Å²) in [5.41, 5.74) is 0.527. The summed E-state index contributed by atoms with van der Waals surface area (Å²) in [5.74, 6) is -0.505. The van der Waals surface area contributed by atoms with Crippen molar-refractivity contribution in [2.45, 2.75) is 11.4 Å². The van der Waals surface area contributed by atoms with Gasteiger partial charge in [-0.2, -0.15) is 0 Å². The fourth-order valence-electron chi connectivity index (χ4n) is 2.15. The van der Waals surface area contributed by atoms with Crippen molar-refractivity contribution < 1.29 is 9.59 Å². The third-order valence-electron chi connectivity index (χ3n) is 3.15. The number of fused-ring (bicyclic) bond motifs is 1. The largest absolute Gasteiger partial charge is 0.276 e. The molecule has 2 amide bonds. The highest BCUT2D eigenvalue weighted by Gasteiger charge is 2.49. The normalized spacial score (nSPS) is 24.8. The van der Waals surface area contributed by atoms with Crippen LogP contribution in [0.2, 0.25) is 0 Å². The number of amides is 2. The maximum absolute atomic E-state index is 12.4. The Morgan fingerprint density at radius 3 is 2.63 bits per heavy atom. The summed E-state index contributed by atoms with van der Waals surface area (Å²) in [5, 5.41) is 2.11. The summed E-state index contributed by atoms with van der Waals surface area (Å²) in [6, 6.07) is 8.57. The molecule has 0 saturated carbocycles. The molecule has 1 saturated heterocycles. The number of alkyl halides is 1. The van der Waals surface area contributed by atoms with Gasteiger partial charge in [0.15, 0.2) is 0 Å². The minimum absolute atomic E-state index is 0.248.